The van der Waals surface area contributed by atoms with Crippen molar-refractivity contribution >= 4 is 5.97 Å². The van der Waals surface area contributed by atoms with Gasteiger partial charge in [0, 0.05) is 12.2 Å². The van der Waals surface area contributed by atoms with E-state index in [1.165, 1.54) is 0 Å². The van der Waals surface area contributed by atoms with Crippen molar-refractivity contribution in [2.45, 2.75) is 46.0 Å². The fourth-order valence-electron chi connectivity index (χ4n) is 1.08. The van der Waals surface area contributed by atoms with Crippen LogP contribution >= 0.6 is 0 Å². The zero-order valence-corrected chi connectivity index (χ0v) is 9.79. The Labute approximate surface area is 92.1 Å². The van der Waals surface area contributed by atoms with Gasteiger partial charge in [0.1, 0.15) is 0 Å². The standard InChI is InChI=1S/C12H22O3/c1-3-4-10-15-12(14)11(2)8-6-5-7-9-13/h8,13H,3-7,9-10H2,1-2H3/b11-8+. The molecular formula is C12H22O3. The van der Waals surface area contributed by atoms with Crippen LogP contribution in [0.5, 0.6) is 0 Å². The molecule has 0 aromatic carbocycles. The summed E-state index contributed by atoms with van der Waals surface area (Å²) in [6, 6.07) is 0. The van der Waals surface area contributed by atoms with Crippen molar-refractivity contribution in [2.24, 2.45) is 0 Å². The SMILES string of the molecule is CCCCOC(=O)/C(C)=C/CCCCO. The molecule has 0 rings (SSSR count). The molecule has 0 heterocycles. The Balaban J connectivity index is 3.66. The van der Waals surface area contributed by atoms with E-state index in [9.17, 15) is 4.79 Å². The molecule has 0 aromatic heterocycles. The lowest BCUT2D eigenvalue weighted by atomic mass is 10.2. The third-order valence-corrected chi connectivity index (χ3v) is 2.12. The maximum atomic E-state index is 11.3. The summed E-state index contributed by atoms with van der Waals surface area (Å²) < 4.78 is 5.04. The highest BCUT2D eigenvalue weighted by atomic mass is 16.5. The lowest BCUT2D eigenvalue weighted by Gasteiger charge is -2.03. The quantitative estimate of drug-likeness (QED) is 0.383. The van der Waals surface area contributed by atoms with Crippen LogP contribution in [0.2, 0.25) is 0 Å². The van der Waals surface area contributed by atoms with Crippen LogP contribution in [-0.2, 0) is 9.53 Å². The molecule has 3 nitrogen and oxygen atoms in total. The first-order valence-electron chi connectivity index (χ1n) is 5.67. The average Bonchev–Trinajstić information content (AvgIpc) is 2.24. The highest BCUT2D eigenvalue weighted by molar-refractivity contribution is 5.87. The molecule has 0 amide bonds. The summed E-state index contributed by atoms with van der Waals surface area (Å²) in [5.74, 6) is -0.215. The van der Waals surface area contributed by atoms with Gasteiger partial charge in [-0.25, -0.2) is 4.79 Å². The van der Waals surface area contributed by atoms with Crippen molar-refractivity contribution in [3.05, 3.63) is 11.6 Å². The van der Waals surface area contributed by atoms with Crippen molar-refractivity contribution < 1.29 is 14.6 Å². The fraction of sp³-hybridized carbons (Fsp3) is 0.750. The van der Waals surface area contributed by atoms with E-state index >= 15 is 0 Å². The second-order valence-electron chi connectivity index (χ2n) is 3.60. The van der Waals surface area contributed by atoms with Gasteiger partial charge in [-0.1, -0.05) is 19.4 Å². The van der Waals surface area contributed by atoms with E-state index in [1.807, 2.05) is 6.08 Å². The molecular weight excluding hydrogens is 192 g/mol. The Morgan fingerprint density at radius 3 is 2.67 bits per heavy atom. The van der Waals surface area contributed by atoms with Gasteiger partial charge in [-0.3, -0.25) is 0 Å². The smallest absolute Gasteiger partial charge is 0.333 e. The zero-order chi connectivity index (χ0) is 11.5. The Kier molecular flexibility index (Phi) is 9.18. The van der Waals surface area contributed by atoms with E-state index in [-0.39, 0.29) is 12.6 Å². The van der Waals surface area contributed by atoms with Crippen LogP contribution in [-0.4, -0.2) is 24.3 Å². The number of hydrogen-bond donors (Lipinski definition) is 1. The van der Waals surface area contributed by atoms with Gasteiger partial charge in [0.05, 0.1) is 6.61 Å². The van der Waals surface area contributed by atoms with Gasteiger partial charge in [-0.15, -0.1) is 0 Å². The lowest BCUT2D eigenvalue weighted by molar-refractivity contribution is -0.139. The number of aliphatic hydroxyl groups is 1. The summed E-state index contributed by atoms with van der Waals surface area (Å²) in [5, 5.41) is 8.57. The van der Waals surface area contributed by atoms with E-state index in [1.54, 1.807) is 6.92 Å². The number of allylic oxidation sites excluding steroid dienone is 1. The molecule has 0 spiro atoms. The van der Waals surface area contributed by atoms with Crippen LogP contribution < -0.4 is 0 Å². The summed E-state index contributed by atoms with van der Waals surface area (Å²) in [7, 11) is 0. The number of aliphatic hydroxyl groups excluding tert-OH is 1. The third kappa shape index (κ3) is 8.18. The van der Waals surface area contributed by atoms with Gasteiger partial charge in [-0.05, 0) is 32.6 Å². The molecule has 0 aliphatic heterocycles. The van der Waals surface area contributed by atoms with Crippen LogP contribution in [0.4, 0.5) is 0 Å². The number of carbonyl (C=O) groups excluding carboxylic acids is 1. The summed E-state index contributed by atoms with van der Waals surface area (Å²) in [6.07, 6.45) is 6.36. The Morgan fingerprint density at radius 2 is 2.07 bits per heavy atom. The van der Waals surface area contributed by atoms with E-state index < -0.39 is 0 Å². The van der Waals surface area contributed by atoms with E-state index in [0.717, 1.165) is 32.1 Å². The fourth-order valence-corrected chi connectivity index (χ4v) is 1.08. The highest BCUT2D eigenvalue weighted by Gasteiger charge is 2.03. The summed E-state index contributed by atoms with van der Waals surface area (Å²) >= 11 is 0. The normalized spacial score (nSPS) is 11.5. The van der Waals surface area contributed by atoms with E-state index in [2.05, 4.69) is 6.92 Å². The van der Waals surface area contributed by atoms with Crippen molar-refractivity contribution in [3.8, 4) is 0 Å². The molecule has 0 aromatic rings. The first kappa shape index (κ1) is 14.2. The predicted octanol–water partition coefficient (Wildman–Crippen LogP) is 2.44. The maximum absolute atomic E-state index is 11.3. The third-order valence-electron chi connectivity index (χ3n) is 2.12. The van der Waals surface area contributed by atoms with Gasteiger partial charge in [0.2, 0.25) is 0 Å². The molecule has 88 valence electrons. The summed E-state index contributed by atoms with van der Waals surface area (Å²) in [4.78, 5) is 11.3. The predicted molar refractivity (Wildman–Crippen MR) is 60.6 cm³/mol. The van der Waals surface area contributed by atoms with Crippen molar-refractivity contribution in [2.75, 3.05) is 13.2 Å². The Bertz CT molecular complexity index is 197. The largest absolute Gasteiger partial charge is 0.462 e. The van der Waals surface area contributed by atoms with Crippen LogP contribution in [0.3, 0.4) is 0 Å². The second kappa shape index (κ2) is 9.71. The first-order valence-corrected chi connectivity index (χ1v) is 5.67. The number of rotatable bonds is 8. The van der Waals surface area contributed by atoms with Gasteiger partial charge in [-0.2, -0.15) is 0 Å². The number of hydrogen-bond acceptors (Lipinski definition) is 3. The lowest BCUT2D eigenvalue weighted by Crippen LogP contribution is -2.06. The van der Waals surface area contributed by atoms with E-state index in [0.29, 0.717) is 12.2 Å². The number of carbonyl (C=O) groups is 1. The molecule has 0 saturated heterocycles. The molecule has 0 radical (unpaired) electrons. The molecule has 3 heteroatoms. The highest BCUT2D eigenvalue weighted by Crippen LogP contribution is 2.03. The zero-order valence-electron chi connectivity index (χ0n) is 9.79. The Morgan fingerprint density at radius 1 is 1.33 bits per heavy atom. The molecule has 0 aliphatic rings. The maximum Gasteiger partial charge on any atom is 0.333 e. The monoisotopic (exact) mass is 214 g/mol. The van der Waals surface area contributed by atoms with Crippen molar-refractivity contribution in [3.63, 3.8) is 0 Å². The Hall–Kier alpha value is -0.830. The molecule has 0 bridgehead atoms. The number of unbranched alkanes of at least 4 members (excludes halogenated alkanes) is 3. The number of esters is 1. The second-order valence-corrected chi connectivity index (χ2v) is 3.60. The van der Waals surface area contributed by atoms with Gasteiger partial charge < -0.3 is 9.84 Å². The van der Waals surface area contributed by atoms with Crippen molar-refractivity contribution in [1.29, 1.82) is 0 Å². The molecule has 0 atom stereocenters. The van der Waals surface area contributed by atoms with Crippen LogP contribution in [0.15, 0.2) is 11.6 Å². The van der Waals surface area contributed by atoms with Crippen LogP contribution in [0, 0.1) is 0 Å². The van der Waals surface area contributed by atoms with Crippen molar-refractivity contribution in [1.82, 2.24) is 0 Å². The van der Waals surface area contributed by atoms with Gasteiger partial charge >= 0.3 is 5.97 Å². The molecule has 0 unspecified atom stereocenters. The first-order chi connectivity index (χ1) is 7.22. The molecule has 15 heavy (non-hydrogen) atoms. The van der Waals surface area contributed by atoms with Crippen LogP contribution in [0.25, 0.3) is 0 Å². The van der Waals surface area contributed by atoms with Gasteiger partial charge in [0.25, 0.3) is 0 Å². The molecule has 1 N–H and O–H groups in total. The molecule has 0 aliphatic carbocycles. The minimum Gasteiger partial charge on any atom is -0.462 e. The van der Waals surface area contributed by atoms with Crippen LogP contribution in [0.1, 0.15) is 46.0 Å². The summed E-state index contributed by atoms with van der Waals surface area (Å²) in [6.45, 7) is 4.56. The topological polar surface area (TPSA) is 46.5 Å². The molecule has 0 saturated carbocycles. The van der Waals surface area contributed by atoms with E-state index in [4.69, 9.17) is 9.84 Å². The minimum absolute atomic E-state index is 0.215. The average molecular weight is 214 g/mol. The minimum atomic E-state index is -0.215. The molecule has 0 fully saturated rings. The van der Waals surface area contributed by atoms with Gasteiger partial charge in [0.15, 0.2) is 0 Å². The number of ether oxygens (including phenoxy) is 1. The summed E-state index contributed by atoms with van der Waals surface area (Å²) in [5.41, 5.74) is 0.670.